The predicted octanol–water partition coefficient (Wildman–Crippen LogP) is 3.93. The van der Waals surface area contributed by atoms with E-state index in [-0.39, 0.29) is 11.5 Å². The van der Waals surface area contributed by atoms with E-state index in [0.717, 1.165) is 6.08 Å². The van der Waals surface area contributed by atoms with Gasteiger partial charge in [-0.05, 0) is 18.4 Å². The standard InChI is InChI=1S/C10H14F2/c1-5-10(12)9(8(4)11)6-7(2)3/h5,7H,1,4,6H2,2-3H3/b10-9+. The van der Waals surface area contributed by atoms with Crippen molar-refractivity contribution in [3.8, 4) is 0 Å². The molecule has 0 aliphatic carbocycles. The lowest BCUT2D eigenvalue weighted by Crippen LogP contribution is -1.94. The van der Waals surface area contributed by atoms with Crippen LogP contribution in [0.2, 0.25) is 0 Å². The average molecular weight is 172 g/mol. The Morgan fingerprint density at radius 1 is 1.42 bits per heavy atom. The van der Waals surface area contributed by atoms with Crippen LogP contribution in [-0.4, -0.2) is 0 Å². The maximum Gasteiger partial charge on any atom is 0.128 e. The average Bonchev–Trinajstić information content (AvgIpc) is 1.98. The van der Waals surface area contributed by atoms with Crippen LogP contribution in [0.5, 0.6) is 0 Å². The summed E-state index contributed by atoms with van der Waals surface area (Å²) in [6.45, 7) is 10.1. The minimum atomic E-state index is -0.707. The van der Waals surface area contributed by atoms with Crippen molar-refractivity contribution in [3.05, 3.63) is 36.5 Å². The van der Waals surface area contributed by atoms with Gasteiger partial charge in [-0.3, -0.25) is 0 Å². The first-order valence-electron chi connectivity index (χ1n) is 3.84. The lowest BCUT2D eigenvalue weighted by atomic mass is 10.0. The maximum atomic E-state index is 12.9. The van der Waals surface area contributed by atoms with Gasteiger partial charge in [0.2, 0.25) is 0 Å². The van der Waals surface area contributed by atoms with Crippen molar-refractivity contribution in [2.45, 2.75) is 20.3 Å². The number of rotatable bonds is 4. The molecule has 0 rings (SSSR count). The fourth-order valence-corrected chi connectivity index (χ4v) is 0.869. The number of hydrogen-bond donors (Lipinski definition) is 0. The molecule has 0 atom stereocenters. The molecule has 0 N–H and O–H groups in total. The normalized spacial score (nSPS) is 12.8. The van der Waals surface area contributed by atoms with Gasteiger partial charge in [-0.1, -0.05) is 27.0 Å². The molecule has 0 aromatic rings. The molecule has 68 valence electrons. The van der Waals surface area contributed by atoms with Crippen molar-refractivity contribution in [1.82, 2.24) is 0 Å². The molecule has 0 aromatic carbocycles. The molecule has 0 radical (unpaired) electrons. The lowest BCUT2D eigenvalue weighted by molar-refractivity contribution is 0.557. The zero-order valence-electron chi connectivity index (χ0n) is 7.53. The summed E-state index contributed by atoms with van der Waals surface area (Å²) in [4.78, 5) is 0. The van der Waals surface area contributed by atoms with Crippen LogP contribution in [0.1, 0.15) is 20.3 Å². The lowest BCUT2D eigenvalue weighted by Gasteiger charge is -2.07. The smallest absolute Gasteiger partial charge is 0.128 e. The van der Waals surface area contributed by atoms with Crippen LogP contribution >= 0.6 is 0 Å². The molecule has 0 aliphatic rings. The zero-order chi connectivity index (χ0) is 9.72. The van der Waals surface area contributed by atoms with Crippen molar-refractivity contribution in [3.63, 3.8) is 0 Å². The van der Waals surface area contributed by atoms with Gasteiger partial charge >= 0.3 is 0 Å². The first kappa shape index (κ1) is 11.1. The summed E-state index contributed by atoms with van der Waals surface area (Å²) in [5, 5.41) is 0. The Kier molecular flexibility index (Phi) is 4.49. The summed E-state index contributed by atoms with van der Waals surface area (Å²) in [6.07, 6.45) is 1.36. The minimum absolute atomic E-state index is 0.0278. The van der Waals surface area contributed by atoms with Crippen LogP contribution in [0, 0.1) is 5.92 Å². The van der Waals surface area contributed by atoms with E-state index in [1.165, 1.54) is 0 Å². The summed E-state index contributed by atoms with van der Waals surface area (Å²) in [5.41, 5.74) is 0.0278. The molecule has 0 saturated heterocycles. The fourth-order valence-electron chi connectivity index (χ4n) is 0.869. The van der Waals surface area contributed by atoms with Crippen molar-refractivity contribution in [2.75, 3.05) is 0 Å². The molecule has 0 aliphatic heterocycles. The van der Waals surface area contributed by atoms with Crippen LogP contribution in [0.15, 0.2) is 36.5 Å². The Labute approximate surface area is 72.3 Å². The predicted molar refractivity (Wildman–Crippen MR) is 48.0 cm³/mol. The first-order chi connectivity index (χ1) is 5.49. The molecule has 0 unspecified atom stereocenters. The Morgan fingerprint density at radius 2 is 1.92 bits per heavy atom. The molecule has 0 spiro atoms. The van der Waals surface area contributed by atoms with Crippen molar-refractivity contribution >= 4 is 0 Å². The van der Waals surface area contributed by atoms with E-state index in [0.29, 0.717) is 6.42 Å². The Morgan fingerprint density at radius 3 is 2.17 bits per heavy atom. The third-order valence-electron chi connectivity index (χ3n) is 1.41. The SMILES string of the molecule is C=C/C(F)=C(/CC(C)C)C(=C)F. The zero-order valence-corrected chi connectivity index (χ0v) is 7.53. The van der Waals surface area contributed by atoms with Gasteiger partial charge in [-0.25, -0.2) is 8.78 Å². The van der Waals surface area contributed by atoms with E-state index in [1.807, 2.05) is 13.8 Å². The fraction of sp³-hybridized carbons (Fsp3) is 0.400. The highest BCUT2D eigenvalue weighted by atomic mass is 19.1. The van der Waals surface area contributed by atoms with Crippen LogP contribution < -0.4 is 0 Å². The van der Waals surface area contributed by atoms with E-state index in [2.05, 4.69) is 13.2 Å². The summed E-state index contributed by atoms with van der Waals surface area (Å²) < 4.78 is 25.5. The van der Waals surface area contributed by atoms with E-state index < -0.39 is 11.7 Å². The van der Waals surface area contributed by atoms with Crippen LogP contribution in [0.3, 0.4) is 0 Å². The monoisotopic (exact) mass is 172 g/mol. The molecule has 0 saturated carbocycles. The van der Waals surface area contributed by atoms with E-state index in [1.54, 1.807) is 0 Å². The highest BCUT2D eigenvalue weighted by Gasteiger charge is 2.09. The van der Waals surface area contributed by atoms with Gasteiger partial charge in [0.1, 0.15) is 11.7 Å². The van der Waals surface area contributed by atoms with Gasteiger partial charge < -0.3 is 0 Å². The van der Waals surface area contributed by atoms with Crippen LogP contribution in [-0.2, 0) is 0 Å². The molecular weight excluding hydrogens is 158 g/mol. The van der Waals surface area contributed by atoms with Crippen LogP contribution in [0.4, 0.5) is 8.78 Å². The molecular formula is C10H14F2. The van der Waals surface area contributed by atoms with E-state index in [9.17, 15) is 8.78 Å². The van der Waals surface area contributed by atoms with Crippen LogP contribution in [0.25, 0.3) is 0 Å². The number of hydrogen-bond acceptors (Lipinski definition) is 0. The van der Waals surface area contributed by atoms with Crippen molar-refractivity contribution in [2.24, 2.45) is 5.92 Å². The molecule has 0 amide bonds. The summed E-state index contributed by atoms with van der Waals surface area (Å²) in [7, 11) is 0. The third kappa shape index (κ3) is 3.46. The van der Waals surface area contributed by atoms with Crippen molar-refractivity contribution < 1.29 is 8.78 Å². The molecule has 12 heavy (non-hydrogen) atoms. The molecule has 2 heteroatoms. The second-order valence-corrected chi connectivity index (χ2v) is 3.03. The molecule has 0 heterocycles. The molecule has 0 bridgehead atoms. The Hall–Kier alpha value is -0.920. The number of halogens is 2. The van der Waals surface area contributed by atoms with Gasteiger partial charge in [0.15, 0.2) is 0 Å². The Bertz CT molecular complexity index is 212. The topological polar surface area (TPSA) is 0 Å². The summed E-state index contributed by atoms with van der Waals surface area (Å²) >= 11 is 0. The summed E-state index contributed by atoms with van der Waals surface area (Å²) in [6, 6.07) is 0. The number of allylic oxidation sites excluding steroid dienone is 4. The largest absolute Gasteiger partial charge is 0.207 e. The van der Waals surface area contributed by atoms with Gasteiger partial charge in [0, 0.05) is 5.57 Å². The first-order valence-corrected chi connectivity index (χ1v) is 3.84. The highest BCUT2D eigenvalue weighted by molar-refractivity contribution is 5.30. The quantitative estimate of drug-likeness (QED) is 0.564. The van der Waals surface area contributed by atoms with Gasteiger partial charge in [-0.2, -0.15) is 0 Å². The third-order valence-corrected chi connectivity index (χ3v) is 1.41. The van der Waals surface area contributed by atoms with E-state index in [4.69, 9.17) is 0 Å². The second-order valence-electron chi connectivity index (χ2n) is 3.03. The summed E-state index contributed by atoms with van der Waals surface area (Å²) in [5.74, 6) is -1.12. The maximum absolute atomic E-state index is 12.9. The highest BCUT2D eigenvalue weighted by Crippen LogP contribution is 2.23. The van der Waals surface area contributed by atoms with E-state index >= 15 is 0 Å². The van der Waals surface area contributed by atoms with Gasteiger partial charge in [0.25, 0.3) is 0 Å². The minimum Gasteiger partial charge on any atom is -0.207 e. The molecule has 0 aromatic heterocycles. The molecule has 0 nitrogen and oxygen atoms in total. The Balaban J connectivity index is 4.66. The second kappa shape index (κ2) is 4.86. The van der Waals surface area contributed by atoms with Gasteiger partial charge in [-0.15, -0.1) is 0 Å². The van der Waals surface area contributed by atoms with Crippen molar-refractivity contribution in [1.29, 1.82) is 0 Å². The molecule has 0 fully saturated rings. The van der Waals surface area contributed by atoms with Gasteiger partial charge in [0.05, 0.1) is 0 Å².